The standard InChI is InChI=1S/C13H18N2O6/c1-8(2)14-10(13(16)17)7-21-12-6-9(20-3)4-5-11(12)15(18)19/h4-6,8,10,14H,7H2,1-3H3,(H,16,17). The summed E-state index contributed by atoms with van der Waals surface area (Å²) in [7, 11) is 1.42. The topological polar surface area (TPSA) is 111 Å². The number of nitro benzene ring substituents is 1. The molecule has 116 valence electrons. The van der Waals surface area contributed by atoms with E-state index < -0.39 is 16.9 Å². The Kier molecular flexibility index (Phi) is 5.92. The molecule has 0 fully saturated rings. The molecule has 0 saturated heterocycles. The van der Waals surface area contributed by atoms with E-state index in [9.17, 15) is 14.9 Å². The van der Waals surface area contributed by atoms with Crippen LogP contribution in [0.2, 0.25) is 0 Å². The first-order chi connectivity index (χ1) is 9.85. The number of nitro groups is 1. The predicted molar refractivity (Wildman–Crippen MR) is 74.8 cm³/mol. The van der Waals surface area contributed by atoms with Crippen LogP contribution in [0.15, 0.2) is 18.2 Å². The molecular weight excluding hydrogens is 280 g/mol. The van der Waals surface area contributed by atoms with Crippen LogP contribution in [0.5, 0.6) is 11.5 Å². The second-order valence-electron chi connectivity index (χ2n) is 4.61. The van der Waals surface area contributed by atoms with Crippen molar-refractivity contribution in [3.8, 4) is 11.5 Å². The van der Waals surface area contributed by atoms with E-state index in [2.05, 4.69) is 5.32 Å². The van der Waals surface area contributed by atoms with Crippen molar-refractivity contribution >= 4 is 11.7 Å². The third kappa shape index (κ3) is 4.92. The third-order valence-electron chi connectivity index (χ3n) is 2.60. The summed E-state index contributed by atoms with van der Waals surface area (Å²) in [6, 6.07) is 3.02. The Balaban J connectivity index is 2.89. The zero-order valence-corrected chi connectivity index (χ0v) is 12.0. The van der Waals surface area contributed by atoms with Crippen LogP contribution in [0.25, 0.3) is 0 Å². The molecule has 1 aromatic rings. The lowest BCUT2D eigenvalue weighted by molar-refractivity contribution is -0.385. The van der Waals surface area contributed by atoms with E-state index in [1.807, 2.05) is 0 Å². The van der Waals surface area contributed by atoms with Crippen LogP contribution in [0.3, 0.4) is 0 Å². The lowest BCUT2D eigenvalue weighted by Crippen LogP contribution is -2.44. The Hall–Kier alpha value is -2.35. The molecule has 0 bridgehead atoms. The summed E-state index contributed by atoms with van der Waals surface area (Å²) in [4.78, 5) is 21.4. The van der Waals surface area contributed by atoms with Crippen LogP contribution in [0.4, 0.5) is 5.69 Å². The van der Waals surface area contributed by atoms with Gasteiger partial charge in [0.25, 0.3) is 0 Å². The minimum atomic E-state index is -1.09. The highest BCUT2D eigenvalue weighted by atomic mass is 16.6. The first kappa shape index (κ1) is 16.7. The highest BCUT2D eigenvalue weighted by Gasteiger charge is 2.22. The molecule has 8 heteroatoms. The number of carboxylic acid groups (broad SMARTS) is 1. The van der Waals surface area contributed by atoms with Gasteiger partial charge in [0.15, 0.2) is 0 Å². The van der Waals surface area contributed by atoms with E-state index in [0.29, 0.717) is 5.75 Å². The smallest absolute Gasteiger partial charge is 0.324 e. The fourth-order valence-electron chi connectivity index (χ4n) is 1.65. The molecule has 1 aromatic carbocycles. The zero-order chi connectivity index (χ0) is 16.0. The summed E-state index contributed by atoms with van der Waals surface area (Å²) >= 11 is 0. The van der Waals surface area contributed by atoms with Crippen molar-refractivity contribution in [1.82, 2.24) is 5.32 Å². The van der Waals surface area contributed by atoms with E-state index in [-0.39, 0.29) is 24.1 Å². The van der Waals surface area contributed by atoms with Crippen molar-refractivity contribution in [2.24, 2.45) is 0 Å². The van der Waals surface area contributed by atoms with Gasteiger partial charge in [0, 0.05) is 18.2 Å². The third-order valence-corrected chi connectivity index (χ3v) is 2.60. The molecule has 0 aromatic heterocycles. The van der Waals surface area contributed by atoms with Gasteiger partial charge in [-0.2, -0.15) is 0 Å². The lowest BCUT2D eigenvalue weighted by Gasteiger charge is -2.18. The van der Waals surface area contributed by atoms with Gasteiger partial charge in [-0.05, 0) is 6.07 Å². The van der Waals surface area contributed by atoms with E-state index in [4.69, 9.17) is 14.6 Å². The monoisotopic (exact) mass is 298 g/mol. The van der Waals surface area contributed by atoms with E-state index in [1.54, 1.807) is 13.8 Å². The number of hydrogen-bond donors (Lipinski definition) is 2. The van der Waals surface area contributed by atoms with Crippen molar-refractivity contribution in [2.75, 3.05) is 13.7 Å². The number of carbonyl (C=O) groups is 1. The molecule has 0 spiro atoms. The molecule has 8 nitrogen and oxygen atoms in total. The first-order valence-corrected chi connectivity index (χ1v) is 6.29. The van der Waals surface area contributed by atoms with Gasteiger partial charge in [-0.3, -0.25) is 20.2 Å². The molecule has 0 amide bonds. The van der Waals surface area contributed by atoms with Crippen molar-refractivity contribution in [2.45, 2.75) is 25.9 Å². The Labute approximate surface area is 121 Å². The Morgan fingerprint density at radius 3 is 2.62 bits per heavy atom. The number of nitrogens with one attached hydrogen (secondary N) is 1. The summed E-state index contributed by atoms with van der Waals surface area (Å²) in [5.74, 6) is -0.732. The molecule has 1 rings (SSSR count). The zero-order valence-electron chi connectivity index (χ0n) is 12.0. The summed E-state index contributed by atoms with van der Waals surface area (Å²) in [6.07, 6.45) is 0. The Morgan fingerprint density at radius 2 is 2.14 bits per heavy atom. The first-order valence-electron chi connectivity index (χ1n) is 6.29. The number of ether oxygens (including phenoxy) is 2. The maximum Gasteiger partial charge on any atom is 0.324 e. The average molecular weight is 298 g/mol. The number of carboxylic acids is 1. The predicted octanol–water partition coefficient (Wildman–Crippen LogP) is 1.43. The summed E-state index contributed by atoms with van der Waals surface area (Å²) in [5.41, 5.74) is -0.246. The van der Waals surface area contributed by atoms with E-state index in [0.717, 1.165) is 0 Å². The lowest BCUT2D eigenvalue weighted by atomic mass is 10.2. The number of methoxy groups -OCH3 is 1. The van der Waals surface area contributed by atoms with Crippen molar-refractivity contribution in [1.29, 1.82) is 0 Å². The van der Waals surface area contributed by atoms with Gasteiger partial charge in [0.05, 0.1) is 12.0 Å². The van der Waals surface area contributed by atoms with Gasteiger partial charge < -0.3 is 14.6 Å². The average Bonchev–Trinajstić information content (AvgIpc) is 2.42. The highest BCUT2D eigenvalue weighted by Crippen LogP contribution is 2.31. The van der Waals surface area contributed by atoms with Gasteiger partial charge in [-0.25, -0.2) is 0 Å². The Bertz CT molecular complexity index is 517. The quantitative estimate of drug-likeness (QED) is 0.551. The maximum atomic E-state index is 11.1. The van der Waals surface area contributed by atoms with Crippen molar-refractivity contribution < 1.29 is 24.3 Å². The molecule has 1 unspecified atom stereocenters. The molecule has 0 saturated carbocycles. The van der Waals surface area contributed by atoms with E-state index >= 15 is 0 Å². The van der Waals surface area contributed by atoms with Gasteiger partial charge in [-0.1, -0.05) is 13.8 Å². The summed E-state index contributed by atoms with van der Waals surface area (Å²) < 4.78 is 10.3. The fraction of sp³-hybridized carbons (Fsp3) is 0.462. The molecule has 0 aliphatic heterocycles. The SMILES string of the molecule is COc1ccc([N+](=O)[O-])c(OCC(NC(C)C)C(=O)O)c1. The van der Waals surface area contributed by atoms with Crippen LogP contribution in [0, 0.1) is 10.1 Å². The molecule has 2 N–H and O–H groups in total. The minimum absolute atomic E-state index is 0.0313. The van der Waals surface area contributed by atoms with Crippen LogP contribution in [0.1, 0.15) is 13.8 Å². The molecule has 1 atom stereocenters. The molecule has 0 radical (unpaired) electrons. The second kappa shape index (κ2) is 7.44. The molecule has 0 heterocycles. The van der Waals surface area contributed by atoms with Crippen LogP contribution < -0.4 is 14.8 Å². The summed E-state index contributed by atoms with van der Waals surface area (Å²) in [6.45, 7) is 3.36. The van der Waals surface area contributed by atoms with Crippen LogP contribution >= 0.6 is 0 Å². The minimum Gasteiger partial charge on any atom is -0.497 e. The molecule has 0 aliphatic carbocycles. The largest absolute Gasteiger partial charge is 0.497 e. The highest BCUT2D eigenvalue weighted by molar-refractivity contribution is 5.73. The van der Waals surface area contributed by atoms with Crippen LogP contribution in [-0.2, 0) is 4.79 Å². The number of hydrogen-bond acceptors (Lipinski definition) is 6. The maximum absolute atomic E-state index is 11.1. The Morgan fingerprint density at radius 1 is 1.48 bits per heavy atom. The normalized spacial score (nSPS) is 12.0. The second-order valence-corrected chi connectivity index (χ2v) is 4.61. The van der Waals surface area contributed by atoms with Gasteiger partial charge >= 0.3 is 11.7 Å². The molecule has 21 heavy (non-hydrogen) atoms. The van der Waals surface area contributed by atoms with Crippen LogP contribution in [-0.4, -0.2) is 41.8 Å². The molecular formula is C13H18N2O6. The van der Waals surface area contributed by atoms with Gasteiger partial charge in [-0.15, -0.1) is 0 Å². The van der Waals surface area contributed by atoms with Crippen molar-refractivity contribution in [3.05, 3.63) is 28.3 Å². The number of benzene rings is 1. The van der Waals surface area contributed by atoms with E-state index in [1.165, 1.54) is 25.3 Å². The summed E-state index contributed by atoms with van der Waals surface area (Å²) in [5, 5.41) is 22.8. The van der Waals surface area contributed by atoms with Gasteiger partial charge in [0.2, 0.25) is 5.75 Å². The van der Waals surface area contributed by atoms with Gasteiger partial charge in [0.1, 0.15) is 18.4 Å². The fourth-order valence-corrected chi connectivity index (χ4v) is 1.65. The molecule has 0 aliphatic rings. The number of aliphatic carboxylic acids is 1. The number of rotatable bonds is 8. The van der Waals surface area contributed by atoms with Crippen molar-refractivity contribution in [3.63, 3.8) is 0 Å². The number of nitrogens with zero attached hydrogens (tertiary/aromatic N) is 1.